The SMILES string of the molecule is COC[C@@H]1CCN(C)C2(C1)CN(S(=O)(=O)c1cccnc1)C2. The molecule has 0 aromatic carbocycles. The molecule has 2 fully saturated rings. The summed E-state index contributed by atoms with van der Waals surface area (Å²) < 4.78 is 32.0. The van der Waals surface area contributed by atoms with Crippen LogP contribution in [0.15, 0.2) is 29.4 Å². The first-order valence-electron chi connectivity index (χ1n) is 7.58. The lowest BCUT2D eigenvalue weighted by Gasteiger charge is -2.57. The quantitative estimate of drug-likeness (QED) is 0.820. The molecule has 0 amide bonds. The number of hydrogen-bond acceptors (Lipinski definition) is 5. The Hall–Kier alpha value is -1.02. The monoisotopic (exact) mass is 325 g/mol. The lowest BCUT2D eigenvalue weighted by Crippen LogP contribution is -2.72. The van der Waals surface area contributed by atoms with Gasteiger partial charge in [0.25, 0.3) is 0 Å². The zero-order valence-corrected chi connectivity index (χ0v) is 13.9. The van der Waals surface area contributed by atoms with Gasteiger partial charge in [-0.3, -0.25) is 9.88 Å². The molecule has 7 heteroatoms. The summed E-state index contributed by atoms with van der Waals surface area (Å²) in [6.07, 6.45) is 5.11. The first-order valence-corrected chi connectivity index (χ1v) is 9.02. The fourth-order valence-electron chi connectivity index (χ4n) is 3.59. The van der Waals surface area contributed by atoms with Crippen LogP contribution in [-0.2, 0) is 14.8 Å². The second kappa shape index (κ2) is 5.88. The van der Waals surface area contributed by atoms with Gasteiger partial charge >= 0.3 is 0 Å². The summed E-state index contributed by atoms with van der Waals surface area (Å²) in [6, 6.07) is 3.26. The highest BCUT2D eigenvalue weighted by molar-refractivity contribution is 7.89. The summed E-state index contributed by atoms with van der Waals surface area (Å²) in [5.74, 6) is 0.518. The van der Waals surface area contributed by atoms with E-state index >= 15 is 0 Å². The summed E-state index contributed by atoms with van der Waals surface area (Å²) in [5.41, 5.74) is -0.0310. The number of rotatable bonds is 4. The van der Waals surface area contributed by atoms with Crippen molar-refractivity contribution in [2.24, 2.45) is 5.92 Å². The maximum Gasteiger partial charge on any atom is 0.244 e. The van der Waals surface area contributed by atoms with Gasteiger partial charge in [0.15, 0.2) is 0 Å². The second-order valence-corrected chi connectivity index (χ2v) is 8.36. The number of sulfonamides is 1. The predicted octanol–water partition coefficient (Wildman–Crippen LogP) is 0.813. The molecule has 2 aliphatic heterocycles. The molecule has 1 aromatic heterocycles. The average Bonchev–Trinajstić information content (AvgIpc) is 2.48. The summed E-state index contributed by atoms with van der Waals surface area (Å²) in [7, 11) is 0.404. The van der Waals surface area contributed by atoms with E-state index in [0.717, 1.165) is 26.0 Å². The normalized spacial score (nSPS) is 26.0. The van der Waals surface area contributed by atoms with Gasteiger partial charge in [0, 0.05) is 44.7 Å². The zero-order valence-electron chi connectivity index (χ0n) is 13.1. The molecule has 0 aliphatic carbocycles. The van der Waals surface area contributed by atoms with Crippen molar-refractivity contribution in [1.82, 2.24) is 14.2 Å². The Bertz CT molecular complexity index is 614. The molecule has 22 heavy (non-hydrogen) atoms. The molecule has 2 saturated heterocycles. The standard InChI is InChI=1S/C15H23N3O3S/c1-17-7-5-13(10-21-2)8-15(17)11-18(12-15)22(19,20)14-4-3-6-16-9-14/h3-4,6,9,13H,5,7-8,10-12H2,1-2H3/t13-/m1/s1. The summed E-state index contributed by atoms with van der Waals surface area (Å²) >= 11 is 0. The Labute approximate surface area is 132 Å². The first kappa shape index (κ1) is 15.9. The maximum atomic E-state index is 12.6. The molecular weight excluding hydrogens is 302 g/mol. The fraction of sp³-hybridized carbons (Fsp3) is 0.667. The molecule has 0 unspecified atom stereocenters. The minimum Gasteiger partial charge on any atom is -0.384 e. The van der Waals surface area contributed by atoms with Crippen LogP contribution in [0.25, 0.3) is 0 Å². The Morgan fingerprint density at radius 1 is 1.45 bits per heavy atom. The van der Waals surface area contributed by atoms with E-state index in [-0.39, 0.29) is 10.4 Å². The van der Waals surface area contributed by atoms with E-state index in [4.69, 9.17) is 4.74 Å². The number of likely N-dealkylation sites (tertiary alicyclic amines) is 1. The van der Waals surface area contributed by atoms with Crippen molar-refractivity contribution in [1.29, 1.82) is 0 Å². The number of hydrogen-bond donors (Lipinski definition) is 0. The number of methoxy groups -OCH3 is 1. The molecule has 1 atom stereocenters. The topological polar surface area (TPSA) is 62.7 Å². The van der Waals surface area contributed by atoms with Gasteiger partial charge in [-0.15, -0.1) is 0 Å². The van der Waals surface area contributed by atoms with Gasteiger partial charge in [0.2, 0.25) is 10.0 Å². The Morgan fingerprint density at radius 3 is 2.86 bits per heavy atom. The second-order valence-electron chi connectivity index (χ2n) is 6.42. The van der Waals surface area contributed by atoms with Crippen molar-refractivity contribution in [3.8, 4) is 0 Å². The summed E-state index contributed by atoms with van der Waals surface area (Å²) in [6.45, 7) is 2.86. The highest BCUT2D eigenvalue weighted by atomic mass is 32.2. The average molecular weight is 325 g/mol. The van der Waals surface area contributed by atoms with E-state index in [9.17, 15) is 8.42 Å². The third-order valence-corrected chi connectivity index (χ3v) is 6.74. The summed E-state index contributed by atoms with van der Waals surface area (Å²) in [5, 5.41) is 0. The van der Waals surface area contributed by atoms with Crippen molar-refractivity contribution in [2.45, 2.75) is 23.3 Å². The van der Waals surface area contributed by atoms with Crippen LogP contribution < -0.4 is 0 Å². The Kier molecular flexibility index (Phi) is 4.24. The van der Waals surface area contributed by atoms with Gasteiger partial charge in [-0.05, 0) is 44.5 Å². The molecule has 3 heterocycles. The first-order chi connectivity index (χ1) is 10.5. The minimum atomic E-state index is -3.42. The van der Waals surface area contributed by atoms with Crippen molar-refractivity contribution in [3.63, 3.8) is 0 Å². The molecule has 0 saturated carbocycles. The van der Waals surface area contributed by atoms with E-state index < -0.39 is 10.0 Å². The molecule has 0 bridgehead atoms. The minimum absolute atomic E-state index is 0.0310. The van der Waals surface area contributed by atoms with Gasteiger partial charge in [0.1, 0.15) is 4.90 Å². The van der Waals surface area contributed by atoms with Crippen molar-refractivity contribution < 1.29 is 13.2 Å². The van der Waals surface area contributed by atoms with Gasteiger partial charge in [0.05, 0.1) is 0 Å². The van der Waals surface area contributed by atoms with Crippen LogP contribution in [0.1, 0.15) is 12.8 Å². The van der Waals surface area contributed by atoms with Crippen LogP contribution >= 0.6 is 0 Å². The number of pyridine rings is 1. The highest BCUT2D eigenvalue weighted by Gasteiger charge is 2.53. The molecule has 3 rings (SSSR count). The molecule has 0 N–H and O–H groups in total. The van der Waals surface area contributed by atoms with E-state index in [1.54, 1.807) is 29.7 Å². The van der Waals surface area contributed by atoms with Crippen LogP contribution in [0, 0.1) is 5.92 Å². The largest absolute Gasteiger partial charge is 0.384 e. The van der Waals surface area contributed by atoms with E-state index in [2.05, 4.69) is 16.9 Å². The fourth-order valence-corrected chi connectivity index (χ4v) is 5.15. The van der Waals surface area contributed by atoms with Crippen LogP contribution in [0.2, 0.25) is 0 Å². The third-order valence-electron chi connectivity index (χ3n) is 4.97. The Morgan fingerprint density at radius 2 is 2.23 bits per heavy atom. The van der Waals surface area contributed by atoms with E-state index in [1.807, 2.05) is 0 Å². The lowest BCUT2D eigenvalue weighted by molar-refractivity contribution is -0.0547. The Balaban J connectivity index is 1.72. The van der Waals surface area contributed by atoms with E-state index in [1.165, 1.54) is 6.20 Å². The molecule has 2 aliphatic rings. The zero-order chi connectivity index (χ0) is 15.8. The van der Waals surface area contributed by atoms with Gasteiger partial charge < -0.3 is 4.74 Å². The molecule has 122 valence electrons. The van der Waals surface area contributed by atoms with Crippen LogP contribution in [0.5, 0.6) is 0 Å². The summed E-state index contributed by atoms with van der Waals surface area (Å²) in [4.78, 5) is 6.50. The number of ether oxygens (including phenoxy) is 1. The predicted molar refractivity (Wildman–Crippen MR) is 83.0 cm³/mol. The number of aromatic nitrogens is 1. The van der Waals surface area contributed by atoms with Crippen molar-refractivity contribution in [2.75, 3.05) is 40.4 Å². The number of piperidine rings is 1. The molecule has 1 aromatic rings. The number of nitrogens with zero attached hydrogens (tertiary/aromatic N) is 3. The highest BCUT2D eigenvalue weighted by Crippen LogP contribution is 2.40. The van der Waals surface area contributed by atoms with Gasteiger partial charge in [-0.1, -0.05) is 0 Å². The van der Waals surface area contributed by atoms with Crippen LogP contribution in [-0.4, -0.2) is 68.5 Å². The van der Waals surface area contributed by atoms with Crippen LogP contribution in [0.3, 0.4) is 0 Å². The molecular formula is C15H23N3O3S. The smallest absolute Gasteiger partial charge is 0.244 e. The van der Waals surface area contributed by atoms with Crippen molar-refractivity contribution >= 4 is 10.0 Å². The molecule has 0 radical (unpaired) electrons. The van der Waals surface area contributed by atoms with Gasteiger partial charge in [-0.2, -0.15) is 4.31 Å². The van der Waals surface area contributed by atoms with Gasteiger partial charge in [-0.25, -0.2) is 8.42 Å². The lowest BCUT2D eigenvalue weighted by atomic mass is 9.77. The maximum absolute atomic E-state index is 12.6. The van der Waals surface area contributed by atoms with E-state index in [0.29, 0.717) is 19.0 Å². The molecule has 6 nitrogen and oxygen atoms in total. The number of likely N-dealkylation sites (N-methyl/N-ethyl adjacent to an activating group) is 1. The third kappa shape index (κ3) is 2.67. The van der Waals surface area contributed by atoms with Crippen LogP contribution in [0.4, 0.5) is 0 Å². The van der Waals surface area contributed by atoms with Crippen molar-refractivity contribution in [3.05, 3.63) is 24.5 Å². The molecule has 1 spiro atoms.